The second-order valence-corrected chi connectivity index (χ2v) is 12.1. The van der Waals surface area contributed by atoms with E-state index in [0.717, 1.165) is 19.4 Å². The van der Waals surface area contributed by atoms with Gasteiger partial charge in [-0.3, -0.25) is 0 Å². The van der Waals surface area contributed by atoms with Crippen LogP contribution < -0.4 is 28.3 Å². The standard InChI is InChI=1S/C30H40OP.ClH/c1-2-3-4-5-6-7-8-9-19-26-31-27-32(28-20-13-10-14-21-28,29-22-15-11-16-23-29)30-24-17-12-18-25-30;/h10-18,20-25H,2-9,19,26-27H2,1H3;1H/q+1;/p-1. The van der Waals surface area contributed by atoms with Crippen LogP contribution in [0.15, 0.2) is 91.0 Å². The van der Waals surface area contributed by atoms with Crippen LogP contribution in [-0.4, -0.2) is 13.0 Å². The fraction of sp³-hybridized carbons (Fsp3) is 0.400. The third kappa shape index (κ3) is 8.25. The quantitative estimate of drug-likeness (QED) is 0.229. The predicted octanol–water partition coefficient (Wildman–Crippen LogP) is 4.49. The van der Waals surface area contributed by atoms with Crippen molar-refractivity contribution in [2.75, 3.05) is 13.0 Å². The van der Waals surface area contributed by atoms with E-state index in [9.17, 15) is 0 Å². The van der Waals surface area contributed by atoms with Gasteiger partial charge in [0.2, 0.25) is 0 Å². The summed E-state index contributed by atoms with van der Waals surface area (Å²) in [7, 11) is -1.85. The van der Waals surface area contributed by atoms with Gasteiger partial charge in [0.25, 0.3) is 0 Å². The molecule has 1 nitrogen and oxygen atoms in total. The van der Waals surface area contributed by atoms with Crippen molar-refractivity contribution >= 4 is 23.2 Å². The number of hydrogen-bond donors (Lipinski definition) is 0. The summed E-state index contributed by atoms with van der Waals surface area (Å²) in [5, 5.41) is 4.18. The Balaban J connectivity index is 0.00000385. The minimum absolute atomic E-state index is 0. The highest BCUT2D eigenvalue weighted by Gasteiger charge is 2.45. The van der Waals surface area contributed by atoms with Crippen LogP contribution in [0.1, 0.15) is 64.7 Å². The van der Waals surface area contributed by atoms with E-state index in [1.54, 1.807) is 0 Å². The van der Waals surface area contributed by atoms with Crippen molar-refractivity contribution in [2.24, 2.45) is 0 Å². The SMILES string of the molecule is CCCCCCCCCCCOC[P+](c1ccccc1)(c1ccccc1)c1ccccc1.[Cl-]. The Morgan fingerprint density at radius 1 is 0.515 bits per heavy atom. The first kappa shape index (κ1) is 27.6. The van der Waals surface area contributed by atoms with Crippen LogP contribution in [0.5, 0.6) is 0 Å². The topological polar surface area (TPSA) is 9.23 Å². The van der Waals surface area contributed by atoms with Gasteiger partial charge in [-0.05, 0) is 42.8 Å². The van der Waals surface area contributed by atoms with E-state index in [1.165, 1.54) is 67.3 Å². The van der Waals surface area contributed by atoms with Gasteiger partial charge in [-0.25, -0.2) is 0 Å². The minimum atomic E-state index is -1.85. The maximum atomic E-state index is 6.47. The number of halogens is 1. The molecular formula is C30H40ClOP. The molecule has 3 rings (SSSR count). The van der Waals surface area contributed by atoms with E-state index in [-0.39, 0.29) is 12.4 Å². The molecule has 0 bridgehead atoms. The van der Waals surface area contributed by atoms with Crippen molar-refractivity contribution in [1.82, 2.24) is 0 Å². The van der Waals surface area contributed by atoms with E-state index in [0.29, 0.717) is 0 Å². The molecule has 0 aliphatic rings. The Labute approximate surface area is 208 Å². The van der Waals surface area contributed by atoms with Crippen molar-refractivity contribution in [3.8, 4) is 0 Å². The van der Waals surface area contributed by atoms with Gasteiger partial charge < -0.3 is 17.1 Å². The average molecular weight is 483 g/mol. The summed E-state index contributed by atoms with van der Waals surface area (Å²) >= 11 is 0. The zero-order valence-corrected chi connectivity index (χ0v) is 21.8. The molecule has 0 amide bonds. The predicted molar refractivity (Wildman–Crippen MR) is 143 cm³/mol. The monoisotopic (exact) mass is 482 g/mol. The van der Waals surface area contributed by atoms with Gasteiger partial charge in [-0.2, -0.15) is 0 Å². The third-order valence-corrected chi connectivity index (χ3v) is 10.4. The molecule has 3 aromatic rings. The molecule has 0 radical (unpaired) electrons. The lowest BCUT2D eigenvalue weighted by molar-refractivity contribution is -0.00000691. The molecule has 0 saturated heterocycles. The Bertz CT molecular complexity index is 758. The summed E-state index contributed by atoms with van der Waals surface area (Å²) in [6, 6.07) is 33.0. The average Bonchev–Trinajstić information content (AvgIpc) is 2.87. The van der Waals surface area contributed by atoms with E-state index < -0.39 is 7.26 Å². The smallest absolute Gasteiger partial charge is 0.171 e. The van der Waals surface area contributed by atoms with Gasteiger partial charge in [0.1, 0.15) is 23.2 Å². The Hall–Kier alpha value is -1.66. The molecule has 0 fully saturated rings. The minimum Gasteiger partial charge on any atom is -1.00 e. The van der Waals surface area contributed by atoms with E-state index >= 15 is 0 Å². The maximum absolute atomic E-state index is 6.47. The summed E-state index contributed by atoms with van der Waals surface area (Å²) in [5.74, 6) is 0. The van der Waals surface area contributed by atoms with Crippen molar-refractivity contribution in [3.63, 3.8) is 0 Å². The molecule has 0 aliphatic carbocycles. The molecule has 3 heteroatoms. The first-order valence-corrected chi connectivity index (χ1v) is 14.5. The molecule has 0 spiro atoms. The Kier molecular flexibility index (Phi) is 13.4. The van der Waals surface area contributed by atoms with Gasteiger partial charge in [0.05, 0.1) is 6.61 Å². The molecule has 33 heavy (non-hydrogen) atoms. The fourth-order valence-electron chi connectivity index (χ4n) is 4.43. The second-order valence-electron chi connectivity index (χ2n) is 8.68. The van der Waals surface area contributed by atoms with E-state index in [1.807, 2.05) is 0 Å². The van der Waals surface area contributed by atoms with Gasteiger partial charge in [0.15, 0.2) is 6.35 Å². The molecule has 0 saturated carbocycles. The number of unbranched alkanes of at least 4 members (excludes halogenated alkanes) is 8. The number of ether oxygens (including phenoxy) is 1. The molecule has 0 heterocycles. The summed E-state index contributed by atoms with van der Waals surface area (Å²) in [4.78, 5) is 0. The first-order chi connectivity index (χ1) is 15.9. The largest absolute Gasteiger partial charge is 1.00 e. The number of rotatable bonds is 15. The fourth-order valence-corrected chi connectivity index (χ4v) is 8.22. The molecule has 0 N–H and O–H groups in total. The lowest BCUT2D eigenvalue weighted by Crippen LogP contribution is -3.00. The van der Waals surface area contributed by atoms with Gasteiger partial charge in [-0.1, -0.05) is 113 Å². The zero-order chi connectivity index (χ0) is 22.3. The molecule has 0 atom stereocenters. The van der Waals surface area contributed by atoms with Crippen molar-refractivity contribution in [2.45, 2.75) is 64.7 Å². The van der Waals surface area contributed by atoms with Gasteiger partial charge >= 0.3 is 0 Å². The van der Waals surface area contributed by atoms with Crippen LogP contribution in [0.4, 0.5) is 0 Å². The van der Waals surface area contributed by atoms with Crippen LogP contribution >= 0.6 is 7.26 Å². The first-order valence-electron chi connectivity index (χ1n) is 12.5. The lowest BCUT2D eigenvalue weighted by Gasteiger charge is -2.27. The van der Waals surface area contributed by atoms with Gasteiger partial charge in [0, 0.05) is 0 Å². The Morgan fingerprint density at radius 3 is 1.27 bits per heavy atom. The summed E-state index contributed by atoms with van der Waals surface area (Å²) in [6.45, 7) is 3.13. The highest BCUT2D eigenvalue weighted by molar-refractivity contribution is 7.95. The summed E-state index contributed by atoms with van der Waals surface area (Å²) < 4.78 is 6.47. The number of hydrogen-bond acceptors (Lipinski definition) is 1. The maximum Gasteiger partial charge on any atom is 0.171 e. The summed E-state index contributed by atoms with van der Waals surface area (Å²) in [5.41, 5.74) is 0. The van der Waals surface area contributed by atoms with Crippen molar-refractivity contribution < 1.29 is 17.1 Å². The summed E-state index contributed by atoms with van der Waals surface area (Å²) in [6.07, 6.45) is 12.8. The normalized spacial score (nSPS) is 11.2. The zero-order valence-electron chi connectivity index (χ0n) is 20.2. The second kappa shape index (κ2) is 16.0. The molecule has 178 valence electrons. The van der Waals surface area contributed by atoms with Crippen LogP contribution in [0.25, 0.3) is 0 Å². The molecule has 0 unspecified atom stereocenters. The molecule has 0 aromatic heterocycles. The van der Waals surface area contributed by atoms with Crippen molar-refractivity contribution in [1.29, 1.82) is 0 Å². The van der Waals surface area contributed by atoms with Gasteiger partial charge in [-0.15, -0.1) is 0 Å². The molecule has 3 aromatic carbocycles. The van der Waals surface area contributed by atoms with E-state index in [2.05, 4.69) is 97.9 Å². The molecule has 0 aliphatic heterocycles. The van der Waals surface area contributed by atoms with Crippen LogP contribution in [0, 0.1) is 0 Å². The van der Waals surface area contributed by atoms with Crippen LogP contribution in [0.2, 0.25) is 0 Å². The Morgan fingerprint density at radius 2 is 0.879 bits per heavy atom. The van der Waals surface area contributed by atoms with Crippen LogP contribution in [0.3, 0.4) is 0 Å². The van der Waals surface area contributed by atoms with Crippen LogP contribution in [-0.2, 0) is 4.74 Å². The number of benzene rings is 3. The highest BCUT2D eigenvalue weighted by atomic mass is 35.5. The third-order valence-electron chi connectivity index (χ3n) is 6.27. The van der Waals surface area contributed by atoms with E-state index in [4.69, 9.17) is 4.74 Å². The molecular weight excluding hydrogens is 443 g/mol. The highest BCUT2D eigenvalue weighted by Crippen LogP contribution is 2.55. The lowest BCUT2D eigenvalue weighted by atomic mass is 10.1. The van der Waals surface area contributed by atoms with Crippen molar-refractivity contribution in [3.05, 3.63) is 91.0 Å².